The number of ether oxygens (including phenoxy) is 3. The Hall–Kier alpha value is -2.12. The zero-order chi connectivity index (χ0) is 23.9. The molecule has 0 bridgehead atoms. The van der Waals surface area contributed by atoms with Crippen molar-refractivity contribution in [3.63, 3.8) is 0 Å². The van der Waals surface area contributed by atoms with Gasteiger partial charge in [0, 0.05) is 6.42 Å². The molecule has 1 saturated heterocycles. The van der Waals surface area contributed by atoms with Crippen LogP contribution in [0.3, 0.4) is 0 Å². The van der Waals surface area contributed by atoms with Crippen molar-refractivity contribution in [2.45, 2.75) is 92.6 Å². The highest BCUT2D eigenvalue weighted by Gasteiger charge is 2.50. The first-order chi connectivity index (χ1) is 14.3. The van der Waals surface area contributed by atoms with E-state index in [0.29, 0.717) is 13.0 Å². The molecule has 1 fully saturated rings. The van der Waals surface area contributed by atoms with Gasteiger partial charge in [-0.1, -0.05) is 26.7 Å². The first kappa shape index (κ1) is 26.9. The molecule has 8 nitrogen and oxygen atoms in total. The first-order valence-electron chi connectivity index (χ1n) is 11.1. The molecule has 0 aromatic rings. The van der Waals surface area contributed by atoms with Crippen LogP contribution in [0.5, 0.6) is 0 Å². The largest absolute Gasteiger partial charge is 0.481 e. The van der Waals surface area contributed by atoms with Crippen molar-refractivity contribution in [1.82, 2.24) is 0 Å². The number of rotatable bonds is 13. The third kappa shape index (κ3) is 7.21. The maximum Gasteiger partial charge on any atom is 0.347 e. The van der Waals surface area contributed by atoms with E-state index in [1.165, 1.54) is 0 Å². The van der Waals surface area contributed by atoms with Crippen molar-refractivity contribution in [2.75, 3.05) is 13.2 Å². The number of carbonyl (C=O) groups excluding carboxylic acids is 3. The molecular formula is C23H38O8. The van der Waals surface area contributed by atoms with Crippen LogP contribution in [0.15, 0.2) is 0 Å². The standard InChI is InChI=1S/C23H38O8/c1-7-9-10-12-30-19(27)21(3,4)14-23(6,15-22(5,8-2)18(25)26)20(28)31-16-11-13-29-17(16)24/h16H,7-15H2,1-6H3,(H,25,26). The van der Waals surface area contributed by atoms with Crippen molar-refractivity contribution in [3.05, 3.63) is 0 Å². The summed E-state index contributed by atoms with van der Waals surface area (Å²) in [5.41, 5.74) is -3.58. The van der Waals surface area contributed by atoms with Crippen LogP contribution >= 0.6 is 0 Å². The van der Waals surface area contributed by atoms with Gasteiger partial charge in [0.05, 0.1) is 29.5 Å². The number of carboxylic acid groups (broad SMARTS) is 1. The lowest BCUT2D eigenvalue weighted by atomic mass is 9.65. The third-order valence-corrected chi connectivity index (χ3v) is 6.07. The van der Waals surface area contributed by atoms with E-state index in [1.807, 2.05) is 0 Å². The molecule has 1 rings (SSSR count). The molecule has 31 heavy (non-hydrogen) atoms. The zero-order valence-corrected chi connectivity index (χ0v) is 19.7. The molecule has 0 spiro atoms. The van der Waals surface area contributed by atoms with E-state index in [9.17, 15) is 24.3 Å². The lowest BCUT2D eigenvalue weighted by molar-refractivity contribution is -0.175. The van der Waals surface area contributed by atoms with E-state index in [-0.39, 0.29) is 25.9 Å². The Morgan fingerprint density at radius 3 is 2.16 bits per heavy atom. The van der Waals surface area contributed by atoms with E-state index in [2.05, 4.69) is 6.92 Å². The van der Waals surface area contributed by atoms with E-state index in [4.69, 9.17) is 14.2 Å². The number of hydrogen-bond donors (Lipinski definition) is 1. The van der Waals surface area contributed by atoms with Crippen molar-refractivity contribution in [1.29, 1.82) is 0 Å². The Morgan fingerprint density at radius 1 is 1.03 bits per heavy atom. The average Bonchev–Trinajstić information content (AvgIpc) is 3.08. The topological polar surface area (TPSA) is 116 Å². The van der Waals surface area contributed by atoms with Gasteiger partial charge in [0.2, 0.25) is 6.10 Å². The Bertz CT molecular complexity index is 670. The number of hydrogen-bond acceptors (Lipinski definition) is 7. The minimum Gasteiger partial charge on any atom is -0.481 e. The second kappa shape index (κ2) is 11.0. The maximum absolute atomic E-state index is 13.2. The molecule has 1 aliphatic rings. The molecule has 8 heteroatoms. The number of unbranched alkanes of at least 4 members (excludes halogenated alkanes) is 2. The number of esters is 3. The fourth-order valence-electron chi connectivity index (χ4n) is 4.04. The summed E-state index contributed by atoms with van der Waals surface area (Å²) in [4.78, 5) is 49.7. The van der Waals surface area contributed by atoms with Gasteiger partial charge in [-0.15, -0.1) is 0 Å². The molecule has 0 aromatic heterocycles. The van der Waals surface area contributed by atoms with Gasteiger partial charge in [0.1, 0.15) is 0 Å². The zero-order valence-electron chi connectivity index (χ0n) is 19.7. The summed E-state index contributed by atoms with van der Waals surface area (Å²) in [5.74, 6) is -2.79. The highest BCUT2D eigenvalue weighted by atomic mass is 16.6. The van der Waals surface area contributed by atoms with Crippen molar-refractivity contribution < 1.29 is 38.5 Å². The van der Waals surface area contributed by atoms with Gasteiger partial charge in [-0.2, -0.15) is 0 Å². The Labute approximate surface area is 185 Å². The lowest BCUT2D eigenvalue weighted by Crippen LogP contribution is -2.45. The summed E-state index contributed by atoms with van der Waals surface area (Å²) in [6.45, 7) is 10.8. The van der Waals surface area contributed by atoms with Gasteiger partial charge in [-0.05, 0) is 53.4 Å². The fourth-order valence-corrected chi connectivity index (χ4v) is 4.04. The van der Waals surface area contributed by atoms with Crippen molar-refractivity contribution in [2.24, 2.45) is 16.2 Å². The van der Waals surface area contributed by atoms with Gasteiger partial charge in [0.15, 0.2) is 0 Å². The molecule has 0 aliphatic carbocycles. The van der Waals surface area contributed by atoms with Crippen LogP contribution in [0.2, 0.25) is 0 Å². The number of carboxylic acids is 1. The van der Waals surface area contributed by atoms with Crippen LogP contribution in [0.25, 0.3) is 0 Å². The van der Waals surface area contributed by atoms with E-state index in [0.717, 1.165) is 19.3 Å². The lowest BCUT2D eigenvalue weighted by Gasteiger charge is -2.39. The average molecular weight is 443 g/mol. The van der Waals surface area contributed by atoms with Crippen molar-refractivity contribution >= 4 is 23.9 Å². The molecule has 0 saturated carbocycles. The quantitative estimate of drug-likeness (QED) is 0.259. The fraction of sp³-hybridized carbons (Fsp3) is 0.826. The minimum atomic E-state index is -1.32. The van der Waals surface area contributed by atoms with E-state index >= 15 is 0 Å². The molecule has 178 valence electrons. The molecule has 3 unspecified atom stereocenters. The number of cyclic esters (lactones) is 1. The summed E-state index contributed by atoms with van der Waals surface area (Å²) in [6.07, 6.45) is 2.23. The van der Waals surface area contributed by atoms with Crippen LogP contribution in [-0.4, -0.2) is 48.3 Å². The Balaban J connectivity index is 3.10. The molecule has 0 radical (unpaired) electrons. The predicted octanol–water partition coefficient (Wildman–Crippen LogP) is 3.89. The van der Waals surface area contributed by atoms with Gasteiger partial charge in [-0.3, -0.25) is 14.4 Å². The second-order valence-corrected chi connectivity index (χ2v) is 9.71. The molecule has 1 heterocycles. The van der Waals surface area contributed by atoms with Crippen LogP contribution in [0, 0.1) is 16.2 Å². The minimum absolute atomic E-state index is 0.0239. The summed E-state index contributed by atoms with van der Waals surface area (Å²) in [7, 11) is 0. The smallest absolute Gasteiger partial charge is 0.347 e. The van der Waals surface area contributed by atoms with Gasteiger partial charge >= 0.3 is 23.9 Å². The monoisotopic (exact) mass is 442 g/mol. The molecular weight excluding hydrogens is 404 g/mol. The Kier molecular flexibility index (Phi) is 9.51. The van der Waals surface area contributed by atoms with Crippen LogP contribution in [0.1, 0.15) is 86.5 Å². The summed E-state index contributed by atoms with van der Waals surface area (Å²) < 4.78 is 15.7. The van der Waals surface area contributed by atoms with E-state index < -0.39 is 46.2 Å². The van der Waals surface area contributed by atoms with Crippen LogP contribution in [-0.2, 0) is 33.4 Å². The number of aliphatic carboxylic acids is 1. The maximum atomic E-state index is 13.2. The van der Waals surface area contributed by atoms with Gasteiger partial charge in [-0.25, -0.2) is 4.79 Å². The van der Waals surface area contributed by atoms with Gasteiger partial charge < -0.3 is 19.3 Å². The third-order valence-electron chi connectivity index (χ3n) is 6.07. The predicted molar refractivity (Wildman–Crippen MR) is 113 cm³/mol. The normalized spacial score (nSPS) is 20.3. The molecule has 0 aromatic carbocycles. The summed E-state index contributed by atoms with van der Waals surface area (Å²) in [5, 5.41) is 9.76. The molecule has 3 atom stereocenters. The van der Waals surface area contributed by atoms with Gasteiger partial charge in [0.25, 0.3) is 0 Å². The highest BCUT2D eigenvalue weighted by molar-refractivity contribution is 5.85. The van der Waals surface area contributed by atoms with Crippen LogP contribution < -0.4 is 0 Å². The second-order valence-electron chi connectivity index (χ2n) is 9.71. The van der Waals surface area contributed by atoms with Crippen LogP contribution in [0.4, 0.5) is 0 Å². The van der Waals surface area contributed by atoms with E-state index in [1.54, 1.807) is 34.6 Å². The molecule has 1 N–H and O–H groups in total. The summed E-state index contributed by atoms with van der Waals surface area (Å²) in [6, 6.07) is 0. The SMILES string of the molecule is CCCCCOC(=O)C(C)(C)CC(C)(CC(C)(CC)C(=O)O)C(=O)OC1CCOC1=O. The summed E-state index contributed by atoms with van der Waals surface area (Å²) >= 11 is 0. The molecule has 1 aliphatic heterocycles. The number of carbonyl (C=O) groups is 4. The highest BCUT2D eigenvalue weighted by Crippen LogP contribution is 2.45. The first-order valence-corrected chi connectivity index (χ1v) is 11.1. The van der Waals surface area contributed by atoms with Crippen molar-refractivity contribution in [3.8, 4) is 0 Å². The molecule has 0 amide bonds. The Morgan fingerprint density at radius 2 is 1.68 bits per heavy atom.